The molecule has 1 aliphatic rings. The van der Waals surface area contributed by atoms with Crippen LogP contribution in [0.3, 0.4) is 0 Å². The van der Waals surface area contributed by atoms with Crippen LogP contribution in [0.1, 0.15) is 25.3 Å². The highest BCUT2D eigenvalue weighted by molar-refractivity contribution is 5.90. The maximum atomic E-state index is 12.7. The molecule has 1 aromatic carbocycles. The topological polar surface area (TPSA) is 70.7 Å². The van der Waals surface area contributed by atoms with Crippen LogP contribution in [0.25, 0.3) is 0 Å². The van der Waals surface area contributed by atoms with Gasteiger partial charge in [0, 0.05) is 25.2 Å². The number of hydrogen-bond donors (Lipinski definition) is 2. The summed E-state index contributed by atoms with van der Waals surface area (Å²) in [7, 11) is 0. The van der Waals surface area contributed by atoms with E-state index in [2.05, 4.69) is 10.6 Å². The van der Waals surface area contributed by atoms with Crippen molar-refractivity contribution >= 4 is 17.5 Å². The number of alkyl halides is 3. The number of ether oxygens (including phenoxy) is 1. The van der Waals surface area contributed by atoms with E-state index in [4.69, 9.17) is 4.74 Å². The summed E-state index contributed by atoms with van der Waals surface area (Å²) in [6.45, 7) is 1.12. The fraction of sp³-hybridized carbons (Fsp3) is 0.556. The van der Waals surface area contributed by atoms with Gasteiger partial charge in [0.05, 0.1) is 19.8 Å². The predicted molar refractivity (Wildman–Crippen MR) is 94.1 cm³/mol. The SMILES string of the molecule is CCCC(=O)Nc1ccc(CNC(=O)[C@H]2COCCN2CC(F)(F)F)cc1. The van der Waals surface area contributed by atoms with Gasteiger partial charge in [-0.25, -0.2) is 0 Å². The summed E-state index contributed by atoms with van der Waals surface area (Å²) in [6, 6.07) is 5.95. The minimum atomic E-state index is -4.37. The van der Waals surface area contributed by atoms with E-state index in [9.17, 15) is 22.8 Å². The Morgan fingerprint density at radius 1 is 1.26 bits per heavy atom. The molecule has 6 nitrogen and oxygen atoms in total. The number of benzene rings is 1. The summed E-state index contributed by atoms with van der Waals surface area (Å²) in [5.41, 5.74) is 1.43. The Morgan fingerprint density at radius 2 is 1.96 bits per heavy atom. The third-order valence-electron chi connectivity index (χ3n) is 4.11. The molecule has 1 saturated heterocycles. The second kappa shape index (κ2) is 9.70. The van der Waals surface area contributed by atoms with Gasteiger partial charge in [-0.2, -0.15) is 13.2 Å². The van der Waals surface area contributed by atoms with Crippen LogP contribution in [0.4, 0.5) is 18.9 Å². The molecule has 1 fully saturated rings. The molecule has 0 bridgehead atoms. The van der Waals surface area contributed by atoms with Crippen LogP contribution < -0.4 is 10.6 Å². The van der Waals surface area contributed by atoms with Crippen molar-refractivity contribution in [2.24, 2.45) is 0 Å². The van der Waals surface area contributed by atoms with Gasteiger partial charge in [-0.3, -0.25) is 14.5 Å². The summed E-state index contributed by atoms with van der Waals surface area (Å²) >= 11 is 0. The Labute approximate surface area is 156 Å². The Balaban J connectivity index is 1.87. The van der Waals surface area contributed by atoms with Crippen molar-refractivity contribution in [1.29, 1.82) is 0 Å². The van der Waals surface area contributed by atoms with Crippen molar-refractivity contribution < 1.29 is 27.5 Å². The van der Waals surface area contributed by atoms with Crippen LogP contribution >= 0.6 is 0 Å². The maximum absolute atomic E-state index is 12.7. The van der Waals surface area contributed by atoms with Gasteiger partial charge in [0.1, 0.15) is 6.04 Å². The molecule has 27 heavy (non-hydrogen) atoms. The van der Waals surface area contributed by atoms with Gasteiger partial charge < -0.3 is 15.4 Å². The number of anilines is 1. The van der Waals surface area contributed by atoms with Crippen molar-refractivity contribution in [1.82, 2.24) is 10.2 Å². The van der Waals surface area contributed by atoms with Crippen LogP contribution in [0.5, 0.6) is 0 Å². The van der Waals surface area contributed by atoms with Crippen LogP contribution in [0.15, 0.2) is 24.3 Å². The molecule has 0 unspecified atom stereocenters. The number of carbonyl (C=O) groups excluding carboxylic acids is 2. The lowest BCUT2D eigenvalue weighted by atomic mass is 10.1. The molecule has 0 aliphatic carbocycles. The van der Waals surface area contributed by atoms with Crippen LogP contribution in [-0.2, 0) is 20.9 Å². The fourth-order valence-electron chi connectivity index (χ4n) is 2.76. The molecule has 0 aromatic heterocycles. The molecule has 1 atom stereocenters. The van der Waals surface area contributed by atoms with Gasteiger partial charge in [-0.15, -0.1) is 0 Å². The van der Waals surface area contributed by atoms with Crippen LogP contribution in [0, 0.1) is 0 Å². The summed E-state index contributed by atoms with van der Waals surface area (Å²) in [5.74, 6) is -0.570. The summed E-state index contributed by atoms with van der Waals surface area (Å²) < 4.78 is 43.1. The zero-order valence-corrected chi connectivity index (χ0v) is 15.1. The van der Waals surface area contributed by atoms with Gasteiger partial charge in [-0.1, -0.05) is 19.1 Å². The van der Waals surface area contributed by atoms with E-state index >= 15 is 0 Å². The second-order valence-electron chi connectivity index (χ2n) is 6.39. The zero-order valence-electron chi connectivity index (χ0n) is 15.1. The van der Waals surface area contributed by atoms with Crippen molar-refractivity contribution in [3.8, 4) is 0 Å². The molecule has 2 amide bonds. The highest BCUT2D eigenvalue weighted by atomic mass is 19.4. The molecule has 2 rings (SSSR count). The average molecular weight is 387 g/mol. The first-order chi connectivity index (χ1) is 12.8. The van der Waals surface area contributed by atoms with Gasteiger partial charge in [0.25, 0.3) is 0 Å². The number of nitrogens with zero attached hydrogens (tertiary/aromatic N) is 1. The molecule has 2 N–H and O–H groups in total. The Bertz CT molecular complexity index is 635. The molecule has 0 saturated carbocycles. The number of morpholine rings is 1. The molecule has 1 aromatic rings. The number of halogens is 3. The van der Waals surface area contributed by atoms with Crippen LogP contribution in [-0.4, -0.2) is 55.2 Å². The molecular formula is C18H24F3N3O3. The predicted octanol–water partition coefficient (Wildman–Crippen LogP) is 2.30. The molecule has 150 valence electrons. The largest absolute Gasteiger partial charge is 0.401 e. The number of amides is 2. The minimum absolute atomic E-state index is 0.0593. The Kier molecular flexibility index (Phi) is 7.61. The van der Waals surface area contributed by atoms with Crippen molar-refractivity contribution in [3.63, 3.8) is 0 Å². The summed E-state index contributed by atoms with van der Waals surface area (Å²) in [5, 5.41) is 5.41. The first-order valence-electron chi connectivity index (χ1n) is 8.83. The van der Waals surface area contributed by atoms with Crippen molar-refractivity contribution in [3.05, 3.63) is 29.8 Å². The van der Waals surface area contributed by atoms with E-state index in [1.165, 1.54) is 0 Å². The lowest BCUT2D eigenvalue weighted by molar-refractivity contribution is -0.166. The molecule has 1 heterocycles. The third kappa shape index (κ3) is 7.18. The van der Waals surface area contributed by atoms with Crippen molar-refractivity contribution in [2.75, 3.05) is 31.6 Å². The average Bonchev–Trinajstić information content (AvgIpc) is 2.60. The van der Waals surface area contributed by atoms with Gasteiger partial charge >= 0.3 is 6.18 Å². The first kappa shape index (κ1) is 21.2. The standard InChI is InChI=1S/C18H24F3N3O3/c1-2-3-16(25)23-14-6-4-13(5-7-14)10-22-17(26)15-11-27-9-8-24(15)12-18(19,20)21/h4-7,15H,2-3,8-12H2,1H3,(H,22,26)(H,23,25)/t15-/m1/s1. The number of rotatable bonds is 7. The first-order valence-corrected chi connectivity index (χ1v) is 8.83. The third-order valence-corrected chi connectivity index (χ3v) is 4.11. The summed E-state index contributed by atoms with van der Waals surface area (Å²) in [4.78, 5) is 24.9. The van der Waals surface area contributed by atoms with Gasteiger partial charge in [0.2, 0.25) is 11.8 Å². The lowest BCUT2D eigenvalue weighted by Gasteiger charge is -2.34. The fourth-order valence-corrected chi connectivity index (χ4v) is 2.76. The summed E-state index contributed by atoms with van der Waals surface area (Å²) in [6.07, 6.45) is -3.17. The number of carbonyl (C=O) groups is 2. The van der Waals surface area contributed by atoms with Gasteiger partial charge in [-0.05, 0) is 24.1 Å². The monoisotopic (exact) mass is 387 g/mol. The van der Waals surface area contributed by atoms with E-state index in [1.54, 1.807) is 24.3 Å². The molecular weight excluding hydrogens is 363 g/mol. The van der Waals surface area contributed by atoms with Gasteiger partial charge in [0.15, 0.2) is 0 Å². The smallest absolute Gasteiger partial charge is 0.378 e. The van der Waals surface area contributed by atoms with E-state index < -0.39 is 24.7 Å². The molecule has 0 radical (unpaired) electrons. The molecule has 9 heteroatoms. The molecule has 1 aliphatic heterocycles. The molecule has 0 spiro atoms. The van der Waals surface area contributed by atoms with E-state index in [1.807, 2.05) is 6.92 Å². The highest BCUT2D eigenvalue weighted by Crippen LogP contribution is 2.20. The second-order valence-corrected chi connectivity index (χ2v) is 6.39. The number of nitrogens with one attached hydrogen (secondary N) is 2. The van der Waals surface area contributed by atoms with E-state index in [0.29, 0.717) is 12.1 Å². The highest BCUT2D eigenvalue weighted by Gasteiger charge is 2.38. The quantitative estimate of drug-likeness (QED) is 0.753. The van der Waals surface area contributed by atoms with E-state index in [0.717, 1.165) is 16.9 Å². The van der Waals surface area contributed by atoms with Crippen LogP contribution in [0.2, 0.25) is 0 Å². The van der Waals surface area contributed by atoms with Crippen molar-refractivity contribution in [2.45, 2.75) is 38.5 Å². The Morgan fingerprint density at radius 3 is 2.59 bits per heavy atom. The zero-order chi connectivity index (χ0) is 19.9. The lowest BCUT2D eigenvalue weighted by Crippen LogP contribution is -2.55. The normalized spacial score (nSPS) is 18.1. The minimum Gasteiger partial charge on any atom is -0.378 e. The van der Waals surface area contributed by atoms with E-state index in [-0.39, 0.29) is 32.2 Å². The maximum Gasteiger partial charge on any atom is 0.401 e. The number of hydrogen-bond acceptors (Lipinski definition) is 4. The Hall–Kier alpha value is -2.13.